The summed E-state index contributed by atoms with van der Waals surface area (Å²) < 4.78 is 6.22. The van der Waals surface area contributed by atoms with E-state index in [0.717, 1.165) is 17.6 Å². The number of rotatable bonds is 6. The fourth-order valence-electron chi connectivity index (χ4n) is 5.46. The lowest BCUT2D eigenvalue weighted by molar-refractivity contribution is -0.137. The third-order valence-corrected chi connectivity index (χ3v) is 6.98. The number of H-pyrrole nitrogens is 1. The summed E-state index contributed by atoms with van der Waals surface area (Å²) in [5.74, 6) is -1.11. The van der Waals surface area contributed by atoms with Gasteiger partial charge in [-0.15, -0.1) is 0 Å². The Balaban J connectivity index is 1.17. The van der Waals surface area contributed by atoms with Gasteiger partial charge in [0, 0.05) is 29.8 Å². The van der Waals surface area contributed by atoms with Crippen LogP contribution in [0.25, 0.3) is 10.9 Å². The Morgan fingerprint density at radius 1 is 1.25 bits per heavy atom. The van der Waals surface area contributed by atoms with Gasteiger partial charge in [0.25, 0.3) is 0 Å². The molecule has 2 amide bonds. The zero-order valence-corrected chi connectivity index (χ0v) is 17.5. The second-order valence-electron chi connectivity index (χ2n) is 8.81. The van der Waals surface area contributed by atoms with E-state index in [9.17, 15) is 9.59 Å². The van der Waals surface area contributed by atoms with Crippen molar-refractivity contribution in [2.45, 2.75) is 24.7 Å². The van der Waals surface area contributed by atoms with Gasteiger partial charge in [0.1, 0.15) is 5.60 Å². The molecular formula is C25H24N4O3. The summed E-state index contributed by atoms with van der Waals surface area (Å²) in [6, 6.07) is 13.8. The normalized spacial score (nSPS) is 27.9. The predicted molar refractivity (Wildman–Crippen MR) is 118 cm³/mol. The standard InChI is InChI=1S/C25H24N4O3/c30-23(28-14-17-5-3-4-11-26-17)21-20-8-10-25(32-20)15-29(24(31)22(21)25)12-9-16-13-27-19-7-2-1-6-18(16)19/h1-8,10-11,13,20-22,27H,9,12,14-15H2,(H,28,30). The van der Waals surface area contributed by atoms with Crippen molar-refractivity contribution in [1.29, 1.82) is 0 Å². The minimum Gasteiger partial charge on any atom is -0.361 e. The van der Waals surface area contributed by atoms with Crippen molar-refractivity contribution in [3.05, 3.63) is 78.3 Å². The summed E-state index contributed by atoms with van der Waals surface area (Å²) in [5.41, 5.74) is 2.39. The molecule has 6 rings (SSSR count). The van der Waals surface area contributed by atoms with Gasteiger partial charge in [0.05, 0.1) is 36.7 Å². The zero-order valence-electron chi connectivity index (χ0n) is 17.5. The van der Waals surface area contributed by atoms with Crippen molar-refractivity contribution in [2.75, 3.05) is 13.1 Å². The highest BCUT2D eigenvalue weighted by atomic mass is 16.5. The van der Waals surface area contributed by atoms with Crippen LogP contribution >= 0.6 is 0 Å². The molecule has 1 spiro atoms. The van der Waals surface area contributed by atoms with Gasteiger partial charge in [0.15, 0.2) is 0 Å². The maximum atomic E-state index is 13.4. The molecule has 162 valence electrons. The van der Waals surface area contributed by atoms with Crippen LogP contribution in [-0.2, 0) is 27.3 Å². The number of fused-ring (bicyclic) bond motifs is 2. The minimum atomic E-state index is -0.686. The zero-order chi connectivity index (χ0) is 21.7. The van der Waals surface area contributed by atoms with Crippen LogP contribution in [0.1, 0.15) is 11.3 Å². The van der Waals surface area contributed by atoms with Crippen LogP contribution in [0.2, 0.25) is 0 Å². The molecule has 3 aliphatic rings. The Morgan fingerprint density at radius 2 is 2.12 bits per heavy atom. The quantitative estimate of drug-likeness (QED) is 0.590. The van der Waals surface area contributed by atoms with Gasteiger partial charge in [-0.05, 0) is 30.2 Å². The van der Waals surface area contributed by atoms with E-state index in [0.29, 0.717) is 19.6 Å². The van der Waals surface area contributed by atoms with Crippen LogP contribution in [0, 0.1) is 11.8 Å². The third kappa shape index (κ3) is 2.96. The van der Waals surface area contributed by atoms with Gasteiger partial charge in [-0.3, -0.25) is 14.6 Å². The van der Waals surface area contributed by atoms with Crippen molar-refractivity contribution in [2.24, 2.45) is 11.8 Å². The molecule has 7 nitrogen and oxygen atoms in total. The summed E-state index contributed by atoms with van der Waals surface area (Å²) in [7, 11) is 0. The molecule has 0 aliphatic carbocycles. The number of carbonyl (C=O) groups is 2. The molecule has 2 fully saturated rings. The van der Waals surface area contributed by atoms with E-state index < -0.39 is 17.4 Å². The number of nitrogens with one attached hydrogen (secondary N) is 2. The molecule has 32 heavy (non-hydrogen) atoms. The predicted octanol–water partition coefficient (Wildman–Crippen LogP) is 2.20. The Hall–Kier alpha value is -3.45. The number of pyridine rings is 1. The molecule has 3 aromatic rings. The highest BCUT2D eigenvalue weighted by Gasteiger charge is 2.66. The molecule has 5 heterocycles. The van der Waals surface area contributed by atoms with Crippen LogP contribution in [-0.4, -0.2) is 51.5 Å². The smallest absolute Gasteiger partial charge is 0.230 e. The number of hydrogen-bond donors (Lipinski definition) is 2. The van der Waals surface area contributed by atoms with Crippen molar-refractivity contribution in [1.82, 2.24) is 20.2 Å². The number of ether oxygens (including phenoxy) is 1. The lowest BCUT2D eigenvalue weighted by Crippen LogP contribution is -2.44. The minimum absolute atomic E-state index is 0.00896. The summed E-state index contributed by atoms with van der Waals surface area (Å²) in [5, 5.41) is 4.14. The Labute approximate surface area is 185 Å². The van der Waals surface area contributed by atoms with E-state index in [-0.39, 0.29) is 17.9 Å². The summed E-state index contributed by atoms with van der Waals surface area (Å²) in [6.07, 6.45) is 8.06. The average molecular weight is 428 g/mol. The summed E-state index contributed by atoms with van der Waals surface area (Å²) in [4.78, 5) is 35.9. The van der Waals surface area contributed by atoms with E-state index in [4.69, 9.17) is 4.74 Å². The number of benzene rings is 1. The number of aromatic nitrogens is 2. The van der Waals surface area contributed by atoms with Gasteiger partial charge in [-0.1, -0.05) is 36.4 Å². The van der Waals surface area contributed by atoms with Crippen LogP contribution in [0.5, 0.6) is 0 Å². The average Bonchev–Trinajstić information content (AvgIpc) is 3.56. The van der Waals surface area contributed by atoms with Crippen molar-refractivity contribution < 1.29 is 14.3 Å². The Kier molecular flexibility index (Phi) is 4.40. The van der Waals surface area contributed by atoms with Crippen LogP contribution in [0.4, 0.5) is 0 Å². The highest BCUT2D eigenvalue weighted by molar-refractivity contribution is 5.93. The Bertz CT molecular complexity index is 1220. The number of likely N-dealkylation sites (tertiary alicyclic amines) is 1. The number of carbonyl (C=O) groups excluding carboxylic acids is 2. The van der Waals surface area contributed by atoms with Gasteiger partial charge in [-0.25, -0.2) is 0 Å². The molecule has 0 radical (unpaired) electrons. The molecular weight excluding hydrogens is 404 g/mol. The van der Waals surface area contributed by atoms with Gasteiger partial charge in [0.2, 0.25) is 11.8 Å². The van der Waals surface area contributed by atoms with Crippen LogP contribution < -0.4 is 5.32 Å². The van der Waals surface area contributed by atoms with Crippen molar-refractivity contribution >= 4 is 22.7 Å². The molecule has 2 N–H and O–H groups in total. The molecule has 4 unspecified atom stereocenters. The van der Waals surface area contributed by atoms with Gasteiger partial charge >= 0.3 is 0 Å². The first-order valence-electron chi connectivity index (χ1n) is 11.0. The van der Waals surface area contributed by atoms with E-state index in [1.807, 2.05) is 53.6 Å². The fraction of sp³-hybridized carbons (Fsp3) is 0.320. The Morgan fingerprint density at radius 3 is 3.00 bits per heavy atom. The SMILES string of the molecule is O=C(NCc1ccccn1)C1C2C=CC3(CN(CCc4c[nH]c5ccccc45)C(=O)C13)O2. The van der Waals surface area contributed by atoms with E-state index in [1.54, 1.807) is 6.20 Å². The number of amides is 2. The number of para-hydroxylation sites is 1. The number of aromatic amines is 1. The topological polar surface area (TPSA) is 87.3 Å². The lowest BCUT2D eigenvalue weighted by Gasteiger charge is -2.23. The lowest BCUT2D eigenvalue weighted by atomic mass is 9.77. The molecule has 2 saturated heterocycles. The van der Waals surface area contributed by atoms with E-state index in [1.165, 1.54) is 10.9 Å². The maximum absolute atomic E-state index is 13.4. The van der Waals surface area contributed by atoms with E-state index >= 15 is 0 Å². The number of hydrogen-bond acceptors (Lipinski definition) is 4. The maximum Gasteiger partial charge on any atom is 0.230 e. The molecule has 1 aromatic carbocycles. The molecule has 2 aromatic heterocycles. The van der Waals surface area contributed by atoms with Crippen molar-refractivity contribution in [3.63, 3.8) is 0 Å². The fourth-order valence-corrected chi connectivity index (χ4v) is 5.46. The summed E-state index contributed by atoms with van der Waals surface area (Å²) in [6.45, 7) is 1.43. The molecule has 0 saturated carbocycles. The largest absolute Gasteiger partial charge is 0.361 e. The molecule has 2 bridgehead atoms. The van der Waals surface area contributed by atoms with Crippen LogP contribution in [0.15, 0.2) is 67.0 Å². The van der Waals surface area contributed by atoms with E-state index in [2.05, 4.69) is 27.4 Å². The molecule has 3 aliphatic heterocycles. The first-order valence-corrected chi connectivity index (χ1v) is 11.0. The summed E-state index contributed by atoms with van der Waals surface area (Å²) >= 11 is 0. The number of nitrogens with zero attached hydrogens (tertiary/aromatic N) is 2. The monoisotopic (exact) mass is 428 g/mol. The second-order valence-corrected chi connectivity index (χ2v) is 8.81. The molecule has 7 heteroatoms. The van der Waals surface area contributed by atoms with Gasteiger partial charge < -0.3 is 19.9 Å². The van der Waals surface area contributed by atoms with Gasteiger partial charge in [-0.2, -0.15) is 0 Å². The first kappa shape index (κ1) is 19.3. The molecule has 4 atom stereocenters. The third-order valence-electron chi connectivity index (χ3n) is 6.98. The second kappa shape index (κ2) is 7.31. The highest BCUT2D eigenvalue weighted by Crippen LogP contribution is 2.51. The van der Waals surface area contributed by atoms with Crippen molar-refractivity contribution in [3.8, 4) is 0 Å². The van der Waals surface area contributed by atoms with Crippen LogP contribution in [0.3, 0.4) is 0 Å². The first-order chi connectivity index (χ1) is 15.6.